The molecule has 3 heterocycles. The summed E-state index contributed by atoms with van der Waals surface area (Å²) in [4.78, 5) is 10.7. The molecule has 2 aromatic rings. The van der Waals surface area contributed by atoms with Crippen LogP contribution in [0.4, 0.5) is 0 Å². The average Bonchev–Trinajstić information content (AvgIpc) is 3.28. The molecule has 0 bridgehead atoms. The van der Waals surface area contributed by atoms with Crippen LogP contribution < -0.4 is 5.32 Å². The number of nitrogens with one attached hydrogen (secondary N) is 1. The Morgan fingerprint density at radius 3 is 2.74 bits per heavy atom. The number of aliphatic imine (C=N–C) groups is 1. The maximum atomic E-state index is 5.16. The highest BCUT2D eigenvalue weighted by atomic mass is 127. The van der Waals surface area contributed by atoms with Crippen LogP contribution in [-0.4, -0.2) is 60.7 Å². The Hall–Kier alpha value is -1.13. The van der Waals surface area contributed by atoms with E-state index in [1.54, 1.807) is 0 Å². The van der Waals surface area contributed by atoms with Gasteiger partial charge in [-0.1, -0.05) is 18.1 Å². The molecule has 0 aromatic carbocycles. The normalized spacial score (nSPS) is 16.9. The standard InChI is InChI=1S/C19H29N5OS.HI/c1-15(11-18-5-4-10-26-18)13-21-19(20-3)24-8-6-23(7-9-24)14-17-12-16(2)25-22-17;/h4-5,10,12,15H,6-9,11,13-14H2,1-3H3,(H,20,21);1H. The summed E-state index contributed by atoms with van der Waals surface area (Å²) in [6.07, 6.45) is 1.12. The fourth-order valence-electron chi connectivity index (χ4n) is 3.28. The molecular weight excluding hydrogens is 473 g/mol. The van der Waals surface area contributed by atoms with Gasteiger partial charge in [0.1, 0.15) is 5.76 Å². The highest BCUT2D eigenvalue weighted by molar-refractivity contribution is 14.0. The second kappa shape index (κ2) is 11.0. The highest BCUT2D eigenvalue weighted by Gasteiger charge is 2.20. The van der Waals surface area contributed by atoms with Crippen LogP contribution in [-0.2, 0) is 13.0 Å². The first-order valence-electron chi connectivity index (χ1n) is 9.26. The number of aryl methyl sites for hydroxylation is 1. The zero-order valence-corrected chi connectivity index (χ0v) is 19.5. The zero-order valence-electron chi connectivity index (χ0n) is 16.4. The molecule has 1 saturated heterocycles. The molecule has 0 spiro atoms. The summed E-state index contributed by atoms with van der Waals surface area (Å²) in [5, 5.41) is 9.79. The van der Waals surface area contributed by atoms with Crippen molar-refractivity contribution < 1.29 is 4.52 Å². The first-order valence-corrected chi connectivity index (χ1v) is 10.1. The first kappa shape index (κ1) is 22.2. The summed E-state index contributed by atoms with van der Waals surface area (Å²) in [5.41, 5.74) is 1.01. The van der Waals surface area contributed by atoms with E-state index in [1.165, 1.54) is 4.88 Å². The van der Waals surface area contributed by atoms with E-state index in [0.717, 1.165) is 63.1 Å². The monoisotopic (exact) mass is 503 g/mol. The number of halogens is 1. The number of thiophene rings is 1. The van der Waals surface area contributed by atoms with Crippen molar-refractivity contribution in [3.05, 3.63) is 39.9 Å². The molecule has 27 heavy (non-hydrogen) atoms. The van der Waals surface area contributed by atoms with E-state index in [2.05, 4.69) is 49.7 Å². The van der Waals surface area contributed by atoms with Gasteiger partial charge in [0.25, 0.3) is 0 Å². The van der Waals surface area contributed by atoms with Gasteiger partial charge >= 0.3 is 0 Å². The fraction of sp³-hybridized carbons (Fsp3) is 0.579. The van der Waals surface area contributed by atoms with Gasteiger partial charge in [0.05, 0.1) is 5.69 Å². The number of rotatable bonds is 6. The molecule has 0 radical (unpaired) electrons. The van der Waals surface area contributed by atoms with Crippen molar-refractivity contribution >= 4 is 41.3 Å². The van der Waals surface area contributed by atoms with E-state index in [1.807, 2.05) is 31.4 Å². The second-order valence-electron chi connectivity index (χ2n) is 7.01. The van der Waals surface area contributed by atoms with Crippen LogP contribution in [0.5, 0.6) is 0 Å². The Morgan fingerprint density at radius 1 is 1.37 bits per heavy atom. The van der Waals surface area contributed by atoms with E-state index in [0.29, 0.717) is 5.92 Å². The van der Waals surface area contributed by atoms with Crippen molar-refractivity contribution in [3.8, 4) is 0 Å². The quantitative estimate of drug-likeness (QED) is 0.373. The van der Waals surface area contributed by atoms with Gasteiger partial charge in [-0.3, -0.25) is 9.89 Å². The van der Waals surface area contributed by atoms with Crippen LogP contribution >= 0.6 is 35.3 Å². The lowest BCUT2D eigenvalue weighted by Crippen LogP contribution is -2.52. The Kier molecular flexibility index (Phi) is 9.04. The van der Waals surface area contributed by atoms with Crippen LogP contribution in [0.3, 0.4) is 0 Å². The van der Waals surface area contributed by atoms with Gasteiger partial charge in [0, 0.05) is 57.3 Å². The van der Waals surface area contributed by atoms with Crippen molar-refractivity contribution in [1.82, 2.24) is 20.3 Å². The largest absolute Gasteiger partial charge is 0.361 e. The van der Waals surface area contributed by atoms with E-state index in [4.69, 9.17) is 4.52 Å². The SMILES string of the molecule is CN=C(NCC(C)Cc1cccs1)N1CCN(Cc2cc(C)on2)CC1.I. The summed E-state index contributed by atoms with van der Waals surface area (Å²) in [6.45, 7) is 10.0. The van der Waals surface area contributed by atoms with E-state index >= 15 is 0 Å². The lowest BCUT2D eigenvalue weighted by Gasteiger charge is -2.36. The Balaban J connectivity index is 0.00000261. The Morgan fingerprint density at radius 2 is 2.15 bits per heavy atom. The predicted molar refractivity (Wildman–Crippen MR) is 122 cm³/mol. The molecule has 1 aliphatic heterocycles. The number of hydrogen-bond acceptors (Lipinski definition) is 5. The van der Waals surface area contributed by atoms with Crippen LogP contribution in [0.2, 0.25) is 0 Å². The zero-order chi connectivity index (χ0) is 18.4. The first-order chi connectivity index (χ1) is 12.6. The van der Waals surface area contributed by atoms with Crippen molar-refractivity contribution in [3.63, 3.8) is 0 Å². The summed E-state index contributed by atoms with van der Waals surface area (Å²) in [6, 6.07) is 6.35. The third-order valence-corrected chi connectivity index (χ3v) is 5.58. The number of aromatic nitrogens is 1. The molecule has 1 unspecified atom stereocenters. The number of hydrogen-bond donors (Lipinski definition) is 1. The highest BCUT2D eigenvalue weighted by Crippen LogP contribution is 2.14. The molecule has 0 aliphatic carbocycles. The lowest BCUT2D eigenvalue weighted by atomic mass is 10.1. The molecule has 2 aromatic heterocycles. The molecule has 1 atom stereocenters. The summed E-state index contributed by atoms with van der Waals surface area (Å²) >= 11 is 1.84. The van der Waals surface area contributed by atoms with Crippen molar-refractivity contribution in [2.45, 2.75) is 26.8 Å². The number of nitrogens with zero attached hydrogens (tertiary/aromatic N) is 4. The maximum absolute atomic E-state index is 5.16. The van der Waals surface area contributed by atoms with Crippen molar-refractivity contribution in [2.24, 2.45) is 10.9 Å². The van der Waals surface area contributed by atoms with Gasteiger partial charge in [0.15, 0.2) is 5.96 Å². The number of piperazine rings is 1. The van der Waals surface area contributed by atoms with Gasteiger partial charge in [-0.15, -0.1) is 35.3 Å². The van der Waals surface area contributed by atoms with E-state index in [-0.39, 0.29) is 24.0 Å². The molecule has 1 fully saturated rings. The molecule has 8 heteroatoms. The van der Waals surface area contributed by atoms with Crippen molar-refractivity contribution in [1.29, 1.82) is 0 Å². The van der Waals surface area contributed by atoms with E-state index < -0.39 is 0 Å². The summed E-state index contributed by atoms with van der Waals surface area (Å²) in [7, 11) is 1.87. The lowest BCUT2D eigenvalue weighted by molar-refractivity contribution is 0.168. The van der Waals surface area contributed by atoms with Crippen LogP contribution in [0, 0.1) is 12.8 Å². The fourth-order valence-corrected chi connectivity index (χ4v) is 4.15. The van der Waals surface area contributed by atoms with Gasteiger partial charge in [-0.25, -0.2) is 0 Å². The molecular formula is C19H30IN5OS. The predicted octanol–water partition coefficient (Wildman–Crippen LogP) is 3.23. The minimum atomic E-state index is 0. The topological polar surface area (TPSA) is 56.9 Å². The van der Waals surface area contributed by atoms with Crippen LogP contribution in [0.25, 0.3) is 0 Å². The van der Waals surface area contributed by atoms with Crippen molar-refractivity contribution in [2.75, 3.05) is 39.8 Å². The molecule has 3 rings (SSSR count). The average molecular weight is 503 g/mol. The maximum Gasteiger partial charge on any atom is 0.193 e. The molecule has 0 amide bonds. The minimum absolute atomic E-state index is 0. The molecule has 0 saturated carbocycles. The van der Waals surface area contributed by atoms with Gasteiger partial charge < -0.3 is 14.7 Å². The van der Waals surface area contributed by atoms with E-state index in [9.17, 15) is 0 Å². The molecule has 1 N–H and O–H groups in total. The summed E-state index contributed by atoms with van der Waals surface area (Å²) in [5.74, 6) is 2.47. The Labute approximate surface area is 183 Å². The number of guanidine groups is 1. The van der Waals surface area contributed by atoms with Crippen LogP contribution in [0.15, 0.2) is 33.1 Å². The van der Waals surface area contributed by atoms with Gasteiger partial charge in [0.2, 0.25) is 0 Å². The molecule has 6 nitrogen and oxygen atoms in total. The second-order valence-corrected chi connectivity index (χ2v) is 8.04. The third-order valence-electron chi connectivity index (χ3n) is 4.68. The Bertz CT molecular complexity index is 695. The van der Waals surface area contributed by atoms with Gasteiger partial charge in [-0.2, -0.15) is 0 Å². The molecule has 150 valence electrons. The molecule has 1 aliphatic rings. The smallest absolute Gasteiger partial charge is 0.193 e. The minimum Gasteiger partial charge on any atom is -0.361 e. The van der Waals surface area contributed by atoms with Gasteiger partial charge in [-0.05, 0) is 30.7 Å². The third kappa shape index (κ3) is 6.76. The van der Waals surface area contributed by atoms with Crippen LogP contribution in [0.1, 0.15) is 23.3 Å². The summed E-state index contributed by atoms with van der Waals surface area (Å²) < 4.78 is 5.16.